The van der Waals surface area contributed by atoms with Gasteiger partial charge in [-0.2, -0.15) is 0 Å². The van der Waals surface area contributed by atoms with Gasteiger partial charge in [0.1, 0.15) is 17.7 Å². The van der Waals surface area contributed by atoms with E-state index in [4.69, 9.17) is 21.1 Å². The van der Waals surface area contributed by atoms with E-state index in [0.29, 0.717) is 47.7 Å². The monoisotopic (exact) mass is 444 g/mol. The van der Waals surface area contributed by atoms with Crippen molar-refractivity contribution in [3.8, 4) is 5.75 Å². The zero-order chi connectivity index (χ0) is 21.8. The summed E-state index contributed by atoms with van der Waals surface area (Å²) in [5.41, 5.74) is 1.11. The Morgan fingerprint density at radius 3 is 2.45 bits per heavy atom. The van der Waals surface area contributed by atoms with Gasteiger partial charge in [0.2, 0.25) is 0 Å². The van der Waals surface area contributed by atoms with E-state index in [-0.39, 0.29) is 11.7 Å². The number of carbonyl (C=O) groups is 1. The molecule has 0 aromatic heterocycles. The summed E-state index contributed by atoms with van der Waals surface area (Å²) < 4.78 is 11.2. The Labute approximate surface area is 185 Å². The van der Waals surface area contributed by atoms with Crippen molar-refractivity contribution in [3.05, 3.63) is 71.0 Å². The second kappa shape index (κ2) is 9.80. The minimum absolute atomic E-state index is 0.244. The number of anilines is 1. The molecule has 0 saturated carbocycles. The lowest BCUT2D eigenvalue weighted by atomic mass is 10.00. The van der Waals surface area contributed by atoms with Crippen molar-refractivity contribution < 1.29 is 24.5 Å². The normalized spacial score (nSPS) is 22.2. The molecule has 2 aliphatic heterocycles. The lowest BCUT2D eigenvalue weighted by molar-refractivity contribution is -0.0691. The molecule has 1 amide bonds. The standard InChI is InChI=1S/C23H25ClN2O5/c24-17-3-1-16(2-4-17)22(28)25-18-5-7-19(8-6-18)31-20-13-21(27)26(23(20)29)14-15-9-11-30-12-10-15/h1-8,13,15,21,23,27,29H,9-12,14H2,(H,25,28). The van der Waals surface area contributed by atoms with E-state index >= 15 is 0 Å². The van der Waals surface area contributed by atoms with Crippen molar-refractivity contribution in [1.82, 2.24) is 4.90 Å². The molecule has 1 saturated heterocycles. The SMILES string of the molecule is O=C(Nc1ccc(OC2=CC(O)N(CC3CCOCC3)C2O)cc1)c1ccc(Cl)cc1. The van der Waals surface area contributed by atoms with Crippen LogP contribution < -0.4 is 10.1 Å². The molecule has 1 fully saturated rings. The Kier molecular flexibility index (Phi) is 6.89. The maximum atomic E-state index is 12.3. The highest BCUT2D eigenvalue weighted by Crippen LogP contribution is 2.28. The molecule has 2 unspecified atom stereocenters. The summed E-state index contributed by atoms with van der Waals surface area (Å²) in [7, 11) is 0. The smallest absolute Gasteiger partial charge is 0.255 e. The van der Waals surface area contributed by atoms with Crippen molar-refractivity contribution in [3.63, 3.8) is 0 Å². The number of amides is 1. The van der Waals surface area contributed by atoms with Crippen LogP contribution in [0, 0.1) is 5.92 Å². The van der Waals surface area contributed by atoms with Gasteiger partial charge in [-0.05, 0) is 67.3 Å². The summed E-state index contributed by atoms with van der Waals surface area (Å²) in [5, 5.41) is 24.3. The van der Waals surface area contributed by atoms with Crippen molar-refractivity contribution in [2.45, 2.75) is 25.3 Å². The van der Waals surface area contributed by atoms with Crippen LogP contribution in [0.2, 0.25) is 5.02 Å². The molecule has 8 heteroatoms. The maximum absolute atomic E-state index is 12.3. The number of rotatable bonds is 6. The minimum Gasteiger partial charge on any atom is -0.458 e. The van der Waals surface area contributed by atoms with Gasteiger partial charge >= 0.3 is 0 Å². The predicted octanol–water partition coefficient (Wildman–Crippen LogP) is 3.23. The van der Waals surface area contributed by atoms with Crippen LogP contribution in [-0.4, -0.2) is 53.2 Å². The average molecular weight is 445 g/mol. The van der Waals surface area contributed by atoms with Crippen LogP contribution in [-0.2, 0) is 4.74 Å². The second-order valence-electron chi connectivity index (χ2n) is 7.70. The van der Waals surface area contributed by atoms with E-state index in [9.17, 15) is 15.0 Å². The number of carbonyl (C=O) groups excluding carboxylic acids is 1. The third-order valence-corrected chi connectivity index (χ3v) is 5.74. The van der Waals surface area contributed by atoms with Crippen LogP contribution in [0.4, 0.5) is 5.69 Å². The van der Waals surface area contributed by atoms with Crippen LogP contribution in [0.3, 0.4) is 0 Å². The summed E-state index contributed by atoms with van der Waals surface area (Å²) in [4.78, 5) is 13.9. The van der Waals surface area contributed by atoms with Gasteiger partial charge in [-0.25, -0.2) is 4.90 Å². The van der Waals surface area contributed by atoms with Gasteiger partial charge in [0, 0.05) is 42.1 Å². The largest absolute Gasteiger partial charge is 0.458 e. The second-order valence-corrected chi connectivity index (χ2v) is 8.13. The molecule has 164 valence electrons. The van der Waals surface area contributed by atoms with E-state index in [0.717, 1.165) is 12.8 Å². The van der Waals surface area contributed by atoms with Gasteiger partial charge in [0.15, 0.2) is 6.23 Å². The zero-order valence-corrected chi connectivity index (χ0v) is 17.7. The summed E-state index contributed by atoms with van der Waals surface area (Å²) in [6.45, 7) is 2.00. The summed E-state index contributed by atoms with van der Waals surface area (Å²) in [5.74, 6) is 0.910. The Morgan fingerprint density at radius 2 is 1.77 bits per heavy atom. The summed E-state index contributed by atoms with van der Waals surface area (Å²) in [6, 6.07) is 13.4. The fourth-order valence-corrected chi connectivity index (χ4v) is 3.83. The minimum atomic E-state index is -1.01. The number of nitrogens with zero attached hydrogens (tertiary/aromatic N) is 1. The Bertz CT molecular complexity index is 926. The molecule has 2 aromatic carbocycles. The number of benzene rings is 2. The molecule has 0 bridgehead atoms. The molecule has 3 N–H and O–H groups in total. The van der Waals surface area contributed by atoms with Crippen molar-refractivity contribution in [2.24, 2.45) is 5.92 Å². The number of ether oxygens (including phenoxy) is 2. The van der Waals surface area contributed by atoms with Gasteiger partial charge in [-0.15, -0.1) is 0 Å². The molecule has 0 spiro atoms. The molecule has 2 atom stereocenters. The quantitative estimate of drug-likeness (QED) is 0.633. The molecule has 2 aliphatic rings. The third-order valence-electron chi connectivity index (χ3n) is 5.49. The fraction of sp³-hybridized carbons (Fsp3) is 0.348. The van der Waals surface area contributed by atoms with E-state index in [1.54, 1.807) is 53.4 Å². The topological polar surface area (TPSA) is 91.3 Å². The fourth-order valence-electron chi connectivity index (χ4n) is 3.71. The molecule has 31 heavy (non-hydrogen) atoms. The molecule has 0 radical (unpaired) electrons. The molecule has 4 rings (SSSR count). The van der Waals surface area contributed by atoms with Crippen molar-refractivity contribution in [1.29, 1.82) is 0 Å². The van der Waals surface area contributed by atoms with Crippen LogP contribution in [0.1, 0.15) is 23.2 Å². The van der Waals surface area contributed by atoms with Gasteiger partial charge in [0.05, 0.1) is 0 Å². The van der Waals surface area contributed by atoms with E-state index in [1.807, 2.05) is 0 Å². The number of hydrogen-bond acceptors (Lipinski definition) is 6. The lowest BCUT2D eigenvalue weighted by Gasteiger charge is -2.31. The van der Waals surface area contributed by atoms with Crippen molar-refractivity contribution >= 4 is 23.2 Å². The summed E-state index contributed by atoms with van der Waals surface area (Å²) >= 11 is 5.85. The first-order chi connectivity index (χ1) is 15.0. The summed E-state index contributed by atoms with van der Waals surface area (Å²) in [6.07, 6.45) is 1.43. The third kappa shape index (κ3) is 5.44. The number of hydrogen-bond donors (Lipinski definition) is 3. The van der Waals surface area contributed by atoms with Crippen LogP contribution in [0.5, 0.6) is 5.75 Å². The highest BCUT2D eigenvalue weighted by atomic mass is 35.5. The molecule has 2 aromatic rings. The van der Waals surface area contributed by atoms with Gasteiger partial charge in [-0.3, -0.25) is 4.79 Å². The molecule has 7 nitrogen and oxygen atoms in total. The van der Waals surface area contributed by atoms with Gasteiger partial charge < -0.3 is 25.0 Å². The Hall–Kier alpha value is -2.42. The van der Waals surface area contributed by atoms with Gasteiger partial charge in [0.25, 0.3) is 5.91 Å². The van der Waals surface area contributed by atoms with E-state index in [2.05, 4.69) is 5.32 Å². The van der Waals surface area contributed by atoms with Crippen LogP contribution in [0.25, 0.3) is 0 Å². The average Bonchev–Trinajstić information content (AvgIpc) is 3.03. The van der Waals surface area contributed by atoms with Gasteiger partial charge in [-0.1, -0.05) is 11.6 Å². The molecule has 2 heterocycles. The number of halogens is 1. The molecule has 0 aliphatic carbocycles. The van der Waals surface area contributed by atoms with Crippen LogP contribution >= 0.6 is 11.6 Å². The Morgan fingerprint density at radius 1 is 1.10 bits per heavy atom. The Balaban J connectivity index is 1.33. The molecular formula is C23H25ClN2O5. The number of aliphatic hydroxyl groups is 2. The first-order valence-electron chi connectivity index (χ1n) is 10.3. The maximum Gasteiger partial charge on any atom is 0.255 e. The van der Waals surface area contributed by atoms with E-state index < -0.39 is 12.5 Å². The molecular weight excluding hydrogens is 420 g/mol. The highest BCUT2D eigenvalue weighted by molar-refractivity contribution is 6.30. The predicted molar refractivity (Wildman–Crippen MR) is 117 cm³/mol. The van der Waals surface area contributed by atoms with Crippen LogP contribution in [0.15, 0.2) is 60.4 Å². The zero-order valence-electron chi connectivity index (χ0n) is 16.9. The lowest BCUT2D eigenvalue weighted by Crippen LogP contribution is -2.42. The first kappa shape index (κ1) is 21.8. The number of nitrogens with one attached hydrogen (secondary N) is 1. The number of aliphatic hydroxyl groups excluding tert-OH is 2. The van der Waals surface area contributed by atoms with Crippen molar-refractivity contribution in [2.75, 3.05) is 25.1 Å². The highest BCUT2D eigenvalue weighted by Gasteiger charge is 2.35. The first-order valence-corrected chi connectivity index (χ1v) is 10.6. The van der Waals surface area contributed by atoms with E-state index in [1.165, 1.54) is 6.08 Å².